The van der Waals surface area contributed by atoms with Gasteiger partial charge in [-0.15, -0.1) is 0 Å². The molecule has 0 atom stereocenters. The van der Waals surface area contributed by atoms with Gasteiger partial charge >= 0.3 is 5.97 Å². The molecule has 8 heteroatoms. The molecular formula is C26H27FN4O3. The normalized spacial score (nSPS) is 14.2. The molecular weight excluding hydrogens is 435 g/mol. The summed E-state index contributed by atoms with van der Waals surface area (Å²) in [6, 6.07) is 8.88. The SMILES string of the molecule is CCCc1nc2c(C(=O)OC)cc(N3CCOCC3)cc2n1-c1ccnc2c(C)ccc(F)c12. The minimum absolute atomic E-state index is 0.342. The van der Waals surface area contributed by atoms with Crippen molar-refractivity contribution < 1.29 is 18.7 Å². The molecule has 2 aromatic carbocycles. The number of ether oxygens (including phenoxy) is 2. The molecule has 2 aromatic heterocycles. The predicted octanol–water partition coefficient (Wildman–Crippen LogP) is 4.60. The van der Waals surface area contributed by atoms with E-state index in [1.54, 1.807) is 12.3 Å². The van der Waals surface area contributed by atoms with E-state index in [4.69, 9.17) is 14.5 Å². The van der Waals surface area contributed by atoms with Crippen LogP contribution in [0.25, 0.3) is 27.6 Å². The Labute approximate surface area is 197 Å². The average Bonchev–Trinajstić information content (AvgIpc) is 3.23. The number of aromatic nitrogens is 3. The third-order valence-corrected chi connectivity index (χ3v) is 6.33. The van der Waals surface area contributed by atoms with Gasteiger partial charge in [-0.05, 0) is 43.2 Å². The lowest BCUT2D eigenvalue weighted by Gasteiger charge is -2.29. The van der Waals surface area contributed by atoms with Gasteiger partial charge in [0.15, 0.2) is 0 Å². The molecule has 0 aliphatic carbocycles. The van der Waals surface area contributed by atoms with E-state index in [1.807, 2.05) is 29.7 Å². The number of hydrogen-bond donors (Lipinski definition) is 0. The fourth-order valence-electron chi connectivity index (χ4n) is 4.67. The number of methoxy groups -OCH3 is 1. The zero-order valence-electron chi connectivity index (χ0n) is 19.6. The summed E-state index contributed by atoms with van der Waals surface area (Å²) in [5.74, 6) is -0.0323. The topological polar surface area (TPSA) is 69.5 Å². The molecule has 0 unspecified atom stereocenters. The molecule has 0 radical (unpaired) electrons. The van der Waals surface area contributed by atoms with Crippen LogP contribution in [0.2, 0.25) is 0 Å². The number of esters is 1. The highest BCUT2D eigenvalue weighted by molar-refractivity contribution is 6.05. The van der Waals surface area contributed by atoms with Gasteiger partial charge in [-0.3, -0.25) is 9.55 Å². The van der Waals surface area contributed by atoms with Crippen molar-refractivity contribution in [1.82, 2.24) is 14.5 Å². The number of hydrogen-bond acceptors (Lipinski definition) is 6. The van der Waals surface area contributed by atoms with Gasteiger partial charge in [0.25, 0.3) is 0 Å². The number of rotatable bonds is 5. The first-order valence-electron chi connectivity index (χ1n) is 11.5. The van der Waals surface area contributed by atoms with Crippen molar-refractivity contribution in [2.24, 2.45) is 0 Å². The Bertz CT molecular complexity index is 1390. The van der Waals surface area contributed by atoms with Crippen molar-refractivity contribution in [2.45, 2.75) is 26.7 Å². The van der Waals surface area contributed by atoms with Crippen LogP contribution in [0.4, 0.5) is 10.1 Å². The van der Waals surface area contributed by atoms with Crippen LogP contribution in [0, 0.1) is 12.7 Å². The lowest BCUT2D eigenvalue weighted by molar-refractivity contribution is 0.0603. The van der Waals surface area contributed by atoms with Gasteiger partial charge in [0.2, 0.25) is 0 Å². The van der Waals surface area contributed by atoms with Crippen molar-refractivity contribution in [2.75, 3.05) is 38.3 Å². The Morgan fingerprint density at radius 1 is 1.18 bits per heavy atom. The lowest BCUT2D eigenvalue weighted by atomic mass is 10.1. The van der Waals surface area contributed by atoms with Gasteiger partial charge in [0.1, 0.15) is 17.2 Å². The average molecular weight is 463 g/mol. The molecule has 4 aromatic rings. The second-order valence-corrected chi connectivity index (χ2v) is 8.48. The molecule has 0 bridgehead atoms. The second kappa shape index (κ2) is 9.02. The molecule has 1 aliphatic heterocycles. The second-order valence-electron chi connectivity index (χ2n) is 8.48. The molecule has 1 aliphatic rings. The lowest BCUT2D eigenvalue weighted by Crippen LogP contribution is -2.36. The van der Waals surface area contributed by atoms with Crippen molar-refractivity contribution >= 4 is 33.6 Å². The van der Waals surface area contributed by atoms with Crippen LogP contribution in [0.5, 0.6) is 0 Å². The first-order chi connectivity index (χ1) is 16.5. The zero-order valence-corrected chi connectivity index (χ0v) is 19.6. The number of aryl methyl sites for hydroxylation is 2. The van der Waals surface area contributed by atoms with E-state index in [0.717, 1.165) is 29.0 Å². The molecule has 3 heterocycles. The van der Waals surface area contributed by atoms with E-state index in [1.165, 1.54) is 13.2 Å². The molecule has 0 saturated carbocycles. The van der Waals surface area contributed by atoms with Crippen molar-refractivity contribution in [3.63, 3.8) is 0 Å². The van der Waals surface area contributed by atoms with Crippen molar-refractivity contribution in [3.05, 3.63) is 59.3 Å². The summed E-state index contributed by atoms with van der Waals surface area (Å²) in [6.07, 6.45) is 3.20. The number of fused-ring (bicyclic) bond motifs is 2. The molecule has 0 amide bonds. The summed E-state index contributed by atoms with van der Waals surface area (Å²) in [5.41, 5.74) is 4.73. The maximum Gasteiger partial charge on any atom is 0.340 e. The minimum Gasteiger partial charge on any atom is -0.465 e. The molecule has 5 rings (SSSR count). The van der Waals surface area contributed by atoms with Gasteiger partial charge in [-0.1, -0.05) is 13.0 Å². The van der Waals surface area contributed by atoms with Gasteiger partial charge in [0.05, 0.1) is 48.0 Å². The third-order valence-electron chi connectivity index (χ3n) is 6.33. The molecule has 176 valence electrons. The standard InChI is InChI=1S/C26H27FN4O3/c1-4-5-22-29-25-18(26(32)33-3)14-17(30-10-12-34-13-11-30)15-21(25)31(22)20-8-9-28-24-16(2)6-7-19(27)23(20)24/h6-9,14-15H,4-5,10-13H2,1-3H3. The predicted molar refractivity (Wildman–Crippen MR) is 129 cm³/mol. The van der Waals surface area contributed by atoms with E-state index in [0.29, 0.717) is 60.4 Å². The van der Waals surface area contributed by atoms with Gasteiger partial charge in [-0.25, -0.2) is 14.2 Å². The number of morpholine rings is 1. The first kappa shape index (κ1) is 22.3. The summed E-state index contributed by atoms with van der Waals surface area (Å²) >= 11 is 0. The van der Waals surface area contributed by atoms with E-state index < -0.39 is 5.97 Å². The molecule has 0 N–H and O–H groups in total. The van der Waals surface area contributed by atoms with E-state index in [9.17, 15) is 4.79 Å². The number of pyridine rings is 1. The van der Waals surface area contributed by atoms with Crippen molar-refractivity contribution in [1.29, 1.82) is 0 Å². The summed E-state index contributed by atoms with van der Waals surface area (Å²) in [7, 11) is 1.37. The summed E-state index contributed by atoms with van der Waals surface area (Å²) in [5, 5.41) is 0.440. The molecule has 1 saturated heterocycles. The van der Waals surface area contributed by atoms with Crippen LogP contribution in [-0.2, 0) is 15.9 Å². The van der Waals surface area contributed by atoms with Crippen LogP contribution in [0.1, 0.15) is 35.1 Å². The third kappa shape index (κ3) is 3.68. The highest BCUT2D eigenvalue weighted by Crippen LogP contribution is 2.34. The summed E-state index contributed by atoms with van der Waals surface area (Å²) < 4.78 is 27.8. The van der Waals surface area contributed by atoms with Crippen molar-refractivity contribution in [3.8, 4) is 5.69 Å². The van der Waals surface area contributed by atoms with Gasteiger partial charge < -0.3 is 14.4 Å². The number of anilines is 1. The Morgan fingerprint density at radius 2 is 1.97 bits per heavy atom. The number of halogens is 1. The Balaban J connectivity index is 1.86. The van der Waals surface area contributed by atoms with E-state index >= 15 is 4.39 Å². The highest BCUT2D eigenvalue weighted by Gasteiger charge is 2.24. The van der Waals surface area contributed by atoms with Crippen LogP contribution < -0.4 is 4.90 Å². The largest absolute Gasteiger partial charge is 0.465 e. The van der Waals surface area contributed by atoms with E-state index in [-0.39, 0.29) is 5.82 Å². The Hall–Kier alpha value is -3.52. The molecule has 34 heavy (non-hydrogen) atoms. The number of carbonyl (C=O) groups excluding carboxylic acids is 1. The summed E-state index contributed by atoms with van der Waals surface area (Å²) in [4.78, 5) is 24.3. The highest BCUT2D eigenvalue weighted by atomic mass is 19.1. The maximum absolute atomic E-state index is 15.2. The maximum atomic E-state index is 15.2. The van der Waals surface area contributed by atoms with E-state index in [2.05, 4.69) is 16.8 Å². The van der Waals surface area contributed by atoms with Crippen LogP contribution >= 0.6 is 0 Å². The first-order valence-corrected chi connectivity index (χ1v) is 11.5. The number of imidazole rings is 1. The fraction of sp³-hybridized carbons (Fsp3) is 0.346. The minimum atomic E-state index is -0.450. The molecule has 0 spiro atoms. The van der Waals surface area contributed by atoms with Gasteiger partial charge in [-0.2, -0.15) is 0 Å². The number of carbonyl (C=O) groups is 1. The van der Waals surface area contributed by atoms with Crippen LogP contribution in [0.3, 0.4) is 0 Å². The summed E-state index contributed by atoms with van der Waals surface area (Å²) in [6.45, 7) is 6.65. The Kier molecular flexibility index (Phi) is 5.91. The van der Waals surface area contributed by atoms with Gasteiger partial charge in [0, 0.05) is 31.4 Å². The monoisotopic (exact) mass is 462 g/mol. The van der Waals surface area contributed by atoms with Crippen LogP contribution in [0.15, 0.2) is 36.5 Å². The Morgan fingerprint density at radius 3 is 2.71 bits per heavy atom. The molecule has 1 fully saturated rings. The number of nitrogens with zero attached hydrogens (tertiary/aromatic N) is 4. The number of benzene rings is 2. The zero-order chi connectivity index (χ0) is 23.8. The molecule has 7 nitrogen and oxygen atoms in total. The van der Waals surface area contributed by atoms with Crippen LogP contribution in [-0.4, -0.2) is 53.9 Å². The quantitative estimate of drug-likeness (QED) is 0.404. The smallest absolute Gasteiger partial charge is 0.340 e. The fourth-order valence-corrected chi connectivity index (χ4v) is 4.67.